The summed E-state index contributed by atoms with van der Waals surface area (Å²) in [7, 11) is 0. The van der Waals surface area contributed by atoms with E-state index in [1.54, 1.807) is 10.9 Å². The standard InChI is InChI=1S/C18H16N4O2/c23-12-13-9-21(17-7-3-1-5-15(13)17)10-14(24)11-22-18-8-4-2-6-16(18)19-20-22/h1-9,12,14,24H,10-11H2. The van der Waals surface area contributed by atoms with E-state index in [0.29, 0.717) is 18.7 Å². The van der Waals surface area contributed by atoms with E-state index in [-0.39, 0.29) is 0 Å². The summed E-state index contributed by atoms with van der Waals surface area (Å²) in [6, 6.07) is 15.3. The molecule has 0 aliphatic carbocycles. The van der Waals surface area contributed by atoms with Crippen LogP contribution in [0.15, 0.2) is 54.7 Å². The molecule has 1 N–H and O–H groups in total. The van der Waals surface area contributed by atoms with Gasteiger partial charge in [0.2, 0.25) is 0 Å². The fourth-order valence-electron chi connectivity index (χ4n) is 3.06. The monoisotopic (exact) mass is 320 g/mol. The molecule has 0 amide bonds. The summed E-state index contributed by atoms with van der Waals surface area (Å²) in [6.07, 6.45) is 1.97. The molecule has 2 aromatic heterocycles. The van der Waals surface area contributed by atoms with Crippen molar-refractivity contribution in [2.24, 2.45) is 0 Å². The second-order valence-electron chi connectivity index (χ2n) is 5.79. The van der Waals surface area contributed by atoms with Gasteiger partial charge >= 0.3 is 0 Å². The lowest BCUT2D eigenvalue weighted by atomic mass is 10.2. The Kier molecular flexibility index (Phi) is 3.59. The van der Waals surface area contributed by atoms with E-state index in [1.807, 2.05) is 53.1 Å². The molecule has 0 radical (unpaired) electrons. The Labute approximate surface area is 137 Å². The van der Waals surface area contributed by atoms with Crippen LogP contribution in [-0.4, -0.2) is 37.1 Å². The van der Waals surface area contributed by atoms with Gasteiger partial charge in [0.25, 0.3) is 0 Å². The van der Waals surface area contributed by atoms with Gasteiger partial charge in [-0.1, -0.05) is 35.5 Å². The topological polar surface area (TPSA) is 72.9 Å². The SMILES string of the molecule is O=Cc1cn(CC(O)Cn2nnc3ccccc32)c2ccccc12. The molecule has 4 aromatic rings. The number of aromatic nitrogens is 4. The molecule has 0 aliphatic heterocycles. The van der Waals surface area contributed by atoms with Gasteiger partial charge in [-0.3, -0.25) is 4.79 Å². The van der Waals surface area contributed by atoms with Crippen LogP contribution in [0.5, 0.6) is 0 Å². The number of carbonyl (C=O) groups is 1. The summed E-state index contributed by atoms with van der Waals surface area (Å²) in [6.45, 7) is 0.714. The quantitative estimate of drug-likeness (QED) is 0.573. The number of hydrogen-bond acceptors (Lipinski definition) is 4. The van der Waals surface area contributed by atoms with Crippen LogP contribution in [-0.2, 0) is 13.1 Å². The van der Waals surface area contributed by atoms with Gasteiger partial charge in [0, 0.05) is 22.7 Å². The predicted molar refractivity (Wildman–Crippen MR) is 90.9 cm³/mol. The van der Waals surface area contributed by atoms with E-state index >= 15 is 0 Å². The minimum absolute atomic E-state index is 0.337. The third kappa shape index (κ3) is 2.47. The van der Waals surface area contributed by atoms with Crippen LogP contribution in [0.3, 0.4) is 0 Å². The second-order valence-corrected chi connectivity index (χ2v) is 5.79. The highest BCUT2D eigenvalue weighted by Crippen LogP contribution is 2.20. The third-order valence-electron chi connectivity index (χ3n) is 4.16. The number of hydrogen-bond donors (Lipinski definition) is 1. The number of carbonyl (C=O) groups excluding carboxylic acids is 1. The third-order valence-corrected chi connectivity index (χ3v) is 4.16. The number of nitrogens with zero attached hydrogens (tertiary/aromatic N) is 4. The summed E-state index contributed by atoms with van der Waals surface area (Å²) < 4.78 is 3.61. The summed E-state index contributed by atoms with van der Waals surface area (Å²) in [5.41, 5.74) is 3.26. The van der Waals surface area contributed by atoms with Crippen molar-refractivity contribution in [1.82, 2.24) is 19.6 Å². The van der Waals surface area contributed by atoms with Gasteiger partial charge in [-0.05, 0) is 18.2 Å². The summed E-state index contributed by atoms with van der Waals surface area (Å²) in [5.74, 6) is 0. The lowest BCUT2D eigenvalue weighted by Gasteiger charge is -2.13. The first-order chi connectivity index (χ1) is 11.8. The molecule has 0 saturated carbocycles. The van der Waals surface area contributed by atoms with Crippen LogP contribution in [0.4, 0.5) is 0 Å². The summed E-state index contributed by atoms with van der Waals surface area (Å²) >= 11 is 0. The van der Waals surface area contributed by atoms with Crippen molar-refractivity contribution in [2.45, 2.75) is 19.2 Å². The molecule has 4 rings (SSSR count). The number of para-hydroxylation sites is 2. The summed E-state index contributed by atoms with van der Waals surface area (Å²) in [4.78, 5) is 11.2. The minimum atomic E-state index is -0.648. The molecule has 0 aliphatic rings. The van der Waals surface area contributed by atoms with Crippen LogP contribution in [0.1, 0.15) is 10.4 Å². The second kappa shape index (κ2) is 5.90. The molecule has 120 valence electrons. The number of aliphatic hydroxyl groups excluding tert-OH is 1. The Morgan fingerprint density at radius 3 is 2.62 bits per heavy atom. The van der Waals surface area contributed by atoms with Gasteiger partial charge < -0.3 is 9.67 Å². The van der Waals surface area contributed by atoms with E-state index < -0.39 is 6.10 Å². The van der Waals surface area contributed by atoms with E-state index in [0.717, 1.165) is 28.2 Å². The van der Waals surface area contributed by atoms with Crippen molar-refractivity contribution in [3.8, 4) is 0 Å². The lowest BCUT2D eigenvalue weighted by molar-refractivity contribution is 0.112. The van der Waals surface area contributed by atoms with Crippen molar-refractivity contribution in [3.05, 3.63) is 60.3 Å². The van der Waals surface area contributed by atoms with Crippen LogP contribution >= 0.6 is 0 Å². The molecule has 0 fully saturated rings. The molecule has 0 bridgehead atoms. The first-order valence-corrected chi connectivity index (χ1v) is 7.75. The Balaban J connectivity index is 1.60. The molecular weight excluding hydrogens is 304 g/mol. The maximum absolute atomic E-state index is 11.2. The highest BCUT2D eigenvalue weighted by Gasteiger charge is 2.13. The van der Waals surface area contributed by atoms with Crippen LogP contribution in [0, 0.1) is 0 Å². The normalized spacial score (nSPS) is 12.7. The molecule has 24 heavy (non-hydrogen) atoms. The minimum Gasteiger partial charge on any atom is -0.389 e. The molecule has 2 aromatic carbocycles. The maximum atomic E-state index is 11.2. The fourth-order valence-corrected chi connectivity index (χ4v) is 3.06. The molecule has 0 spiro atoms. The number of benzene rings is 2. The van der Waals surface area contributed by atoms with Crippen molar-refractivity contribution >= 4 is 28.2 Å². The largest absolute Gasteiger partial charge is 0.389 e. The lowest BCUT2D eigenvalue weighted by Crippen LogP contribution is -2.22. The van der Waals surface area contributed by atoms with Gasteiger partial charge in [-0.25, -0.2) is 4.68 Å². The van der Waals surface area contributed by atoms with Gasteiger partial charge in [0.05, 0.1) is 24.7 Å². The zero-order valence-electron chi connectivity index (χ0n) is 12.9. The van der Waals surface area contributed by atoms with Crippen molar-refractivity contribution in [3.63, 3.8) is 0 Å². The first kappa shape index (κ1) is 14.6. The van der Waals surface area contributed by atoms with E-state index in [4.69, 9.17) is 0 Å². The predicted octanol–water partition coefficient (Wildman–Crippen LogP) is 2.26. The zero-order chi connectivity index (χ0) is 16.5. The highest BCUT2D eigenvalue weighted by molar-refractivity contribution is 5.97. The van der Waals surface area contributed by atoms with Gasteiger partial charge in [-0.15, -0.1) is 5.10 Å². The van der Waals surface area contributed by atoms with Gasteiger partial charge in [0.15, 0.2) is 6.29 Å². The average Bonchev–Trinajstić information content (AvgIpc) is 3.17. The fraction of sp³-hybridized carbons (Fsp3) is 0.167. The Bertz CT molecular complexity index is 1020. The summed E-state index contributed by atoms with van der Waals surface area (Å²) in [5, 5.41) is 19.6. The van der Waals surface area contributed by atoms with Gasteiger partial charge in [-0.2, -0.15) is 0 Å². The number of rotatable bonds is 5. The van der Waals surface area contributed by atoms with Crippen molar-refractivity contribution < 1.29 is 9.90 Å². The molecule has 6 heteroatoms. The van der Waals surface area contributed by atoms with E-state index in [2.05, 4.69) is 10.3 Å². The molecule has 2 heterocycles. The number of fused-ring (bicyclic) bond motifs is 2. The van der Waals surface area contributed by atoms with Crippen LogP contribution in [0.2, 0.25) is 0 Å². The smallest absolute Gasteiger partial charge is 0.152 e. The van der Waals surface area contributed by atoms with Crippen molar-refractivity contribution in [1.29, 1.82) is 0 Å². The molecule has 1 atom stereocenters. The Morgan fingerprint density at radius 2 is 1.79 bits per heavy atom. The maximum Gasteiger partial charge on any atom is 0.152 e. The molecule has 1 unspecified atom stereocenters. The highest BCUT2D eigenvalue weighted by atomic mass is 16.3. The van der Waals surface area contributed by atoms with E-state index in [1.165, 1.54) is 0 Å². The molecular formula is C18H16N4O2. The number of aldehydes is 1. The van der Waals surface area contributed by atoms with Crippen LogP contribution < -0.4 is 0 Å². The zero-order valence-corrected chi connectivity index (χ0v) is 12.9. The van der Waals surface area contributed by atoms with Gasteiger partial charge in [0.1, 0.15) is 5.52 Å². The van der Waals surface area contributed by atoms with E-state index in [9.17, 15) is 9.90 Å². The van der Waals surface area contributed by atoms with Crippen LogP contribution in [0.25, 0.3) is 21.9 Å². The average molecular weight is 320 g/mol. The molecule has 6 nitrogen and oxygen atoms in total. The first-order valence-electron chi connectivity index (χ1n) is 7.75. The Morgan fingerprint density at radius 1 is 1.04 bits per heavy atom. The van der Waals surface area contributed by atoms with Crippen molar-refractivity contribution in [2.75, 3.05) is 0 Å². The Hall–Kier alpha value is -2.99. The number of aliphatic hydroxyl groups is 1. The molecule has 0 saturated heterocycles.